The fourth-order valence-corrected chi connectivity index (χ4v) is 1.85. The maximum atomic E-state index is 9.77. The third kappa shape index (κ3) is 5.97. The molecule has 0 bridgehead atoms. The molecule has 1 heterocycles. The lowest BCUT2D eigenvalue weighted by Crippen LogP contribution is -2.39. The van der Waals surface area contributed by atoms with Crippen LogP contribution in [0.3, 0.4) is 0 Å². The number of nitrogens with two attached hydrogens (primary N) is 1. The molecule has 1 fully saturated rings. The number of aliphatic hydroxyl groups is 2. The van der Waals surface area contributed by atoms with Crippen LogP contribution in [0.4, 0.5) is 0 Å². The van der Waals surface area contributed by atoms with E-state index >= 15 is 0 Å². The Balaban J connectivity index is 0.000000342. The van der Waals surface area contributed by atoms with E-state index in [1.54, 1.807) is 0 Å². The van der Waals surface area contributed by atoms with Gasteiger partial charge in [0.2, 0.25) is 0 Å². The van der Waals surface area contributed by atoms with Gasteiger partial charge in [0.25, 0.3) is 0 Å². The van der Waals surface area contributed by atoms with Crippen LogP contribution in [0, 0.1) is 0 Å². The predicted octanol–water partition coefficient (Wildman–Crippen LogP) is -1.69. The van der Waals surface area contributed by atoms with Gasteiger partial charge in [-0.05, 0) is 25.9 Å². The second-order valence-corrected chi connectivity index (χ2v) is 4.23. The maximum absolute atomic E-state index is 9.77. The number of carboxylic acid groups (broad SMARTS) is 2. The summed E-state index contributed by atoms with van der Waals surface area (Å²) in [5.41, 5.74) is 5.56. The minimum atomic E-state index is -2.27. The minimum Gasteiger partial charge on any atom is -0.479 e. The standard InChI is InChI=1S/C7H16N2.C4H6O6/c1-2-9-5-3-4-7(9)6-8;5-1(3(7)8)2(6)4(9)10/h7H,2-6,8H2,1H3;1-2,5-6H,(H,7,8)(H,9,10)/t;1-,2-/m.0/s1. The fraction of sp³-hybridized carbons (Fsp3) is 0.818. The van der Waals surface area contributed by atoms with Crippen LogP contribution < -0.4 is 5.73 Å². The van der Waals surface area contributed by atoms with Crippen LogP contribution in [0.5, 0.6) is 0 Å². The van der Waals surface area contributed by atoms with E-state index in [-0.39, 0.29) is 0 Å². The summed E-state index contributed by atoms with van der Waals surface area (Å²) in [4.78, 5) is 22.0. The highest BCUT2D eigenvalue weighted by Crippen LogP contribution is 2.14. The van der Waals surface area contributed by atoms with E-state index in [1.807, 2.05) is 0 Å². The van der Waals surface area contributed by atoms with Crippen molar-refractivity contribution in [1.82, 2.24) is 4.90 Å². The SMILES string of the molecule is CCN1CCCC1CN.O=C(O)[C@@H](O)[C@H](O)C(=O)O. The summed E-state index contributed by atoms with van der Waals surface area (Å²) in [6.07, 6.45) is -1.88. The molecule has 8 heteroatoms. The summed E-state index contributed by atoms with van der Waals surface area (Å²) in [6, 6.07) is 0.690. The summed E-state index contributed by atoms with van der Waals surface area (Å²) >= 11 is 0. The highest BCUT2D eigenvalue weighted by atomic mass is 16.4. The number of carboxylic acids is 2. The summed E-state index contributed by atoms with van der Waals surface area (Å²) < 4.78 is 0. The van der Waals surface area contributed by atoms with Crippen molar-refractivity contribution in [1.29, 1.82) is 0 Å². The van der Waals surface area contributed by atoms with Crippen molar-refractivity contribution in [2.75, 3.05) is 19.6 Å². The molecule has 19 heavy (non-hydrogen) atoms. The molecular weight excluding hydrogens is 256 g/mol. The van der Waals surface area contributed by atoms with Gasteiger partial charge < -0.3 is 26.2 Å². The first kappa shape index (κ1) is 17.8. The summed E-state index contributed by atoms with van der Waals surface area (Å²) in [7, 11) is 0. The molecule has 0 aromatic carbocycles. The molecule has 1 aliphatic rings. The van der Waals surface area contributed by atoms with Gasteiger partial charge in [0.1, 0.15) is 0 Å². The van der Waals surface area contributed by atoms with E-state index in [0.29, 0.717) is 6.04 Å². The maximum Gasteiger partial charge on any atom is 0.335 e. The van der Waals surface area contributed by atoms with Crippen molar-refractivity contribution >= 4 is 11.9 Å². The number of aliphatic carboxylic acids is 2. The number of carbonyl (C=O) groups is 2. The van der Waals surface area contributed by atoms with Gasteiger partial charge >= 0.3 is 11.9 Å². The van der Waals surface area contributed by atoms with Crippen molar-refractivity contribution in [2.24, 2.45) is 5.73 Å². The lowest BCUT2D eigenvalue weighted by atomic mass is 10.2. The van der Waals surface area contributed by atoms with E-state index < -0.39 is 24.1 Å². The van der Waals surface area contributed by atoms with E-state index in [2.05, 4.69) is 11.8 Å². The van der Waals surface area contributed by atoms with Crippen molar-refractivity contribution in [3.63, 3.8) is 0 Å². The molecule has 1 unspecified atom stereocenters. The van der Waals surface area contributed by atoms with Gasteiger partial charge in [-0.15, -0.1) is 0 Å². The van der Waals surface area contributed by atoms with Gasteiger partial charge in [0, 0.05) is 12.6 Å². The Hall–Kier alpha value is -1.22. The Morgan fingerprint density at radius 3 is 2.00 bits per heavy atom. The lowest BCUT2D eigenvalue weighted by Gasteiger charge is -2.20. The Bertz CT molecular complexity index is 271. The van der Waals surface area contributed by atoms with Gasteiger partial charge in [0.05, 0.1) is 0 Å². The number of rotatable bonds is 5. The van der Waals surface area contributed by atoms with Crippen LogP contribution in [0.1, 0.15) is 19.8 Å². The number of nitrogens with zero attached hydrogens (tertiary/aromatic N) is 1. The van der Waals surface area contributed by atoms with E-state index in [0.717, 1.165) is 6.54 Å². The minimum absolute atomic E-state index is 0.690. The molecule has 0 amide bonds. The number of likely N-dealkylation sites (tertiary alicyclic amines) is 1. The third-order valence-electron chi connectivity index (χ3n) is 2.98. The average molecular weight is 278 g/mol. The first-order chi connectivity index (χ1) is 8.84. The molecule has 0 radical (unpaired) electrons. The number of likely N-dealkylation sites (N-methyl/N-ethyl adjacent to an activating group) is 1. The van der Waals surface area contributed by atoms with Crippen molar-refractivity contribution in [3.05, 3.63) is 0 Å². The molecule has 0 spiro atoms. The topological polar surface area (TPSA) is 144 Å². The van der Waals surface area contributed by atoms with Crippen LogP contribution in [0.25, 0.3) is 0 Å². The molecule has 112 valence electrons. The van der Waals surface area contributed by atoms with E-state index in [9.17, 15) is 9.59 Å². The van der Waals surface area contributed by atoms with Crippen LogP contribution in [0.2, 0.25) is 0 Å². The normalized spacial score (nSPS) is 22.2. The van der Waals surface area contributed by atoms with Crippen molar-refractivity contribution in [3.8, 4) is 0 Å². The second kappa shape index (κ2) is 8.81. The lowest BCUT2D eigenvalue weighted by molar-refractivity contribution is -0.165. The zero-order valence-electron chi connectivity index (χ0n) is 10.9. The summed E-state index contributed by atoms with van der Waals surface area (Å²) in [5.74, 6) is -3.54. The Morgan fingerprint density at radius 2 is 1.74 bits per heavy atom. The number of aliphatic hydroxyl groups excluding tert-OH is 2. The van der Waals surface area contributed by atoms with Crippen molar-refractivity contribution < 1.29 is 30.0 Å². The monoisotopic (exact) mass is 278 g/mol. The largest absolute Gasteiger partial charge is 0.479 e. The molecule has 6 N–H and O–H groups in total. The zero-order valence-corrected chi connectivity index (χ0v) is 10.9. The van der Waals surface area contributed by atoms with Gasteiger partial charge in [-0.2, -0.15) is 0 Å². The first-order valence-electron chi connectivity index (χ1n) is 6.11. The highest BCUT2D eigenvalue weighted by Gasteiger charge is 2.29. The van der Waals surface area contributed by atoms with Crippen LogP contribution in [-0.2, 0) is 9.59 Å². The predicted molar refractivity (Wildman–Crippen MR) is 66.6 cm³/mol. The highest BCUT2D eigenvalue weighted by molar-refractivity contribution is 5.83. The summed E-state index contributed by atoms with van der Waals surface area (Å²) in [5, 5.41) is 32.5. The molecular formula is C11H22N2O6. The average Bonchev–Trinajstić information content (AvgIpc) is 2.84. The molecule has 1 aliphatic heterocycles. The molecule has 8 nitrogen and oxygen atoms in total. The number of hydrogen-bond donors (Lipinski definition) is 5. The third-order valence-corrected chi connectivity index (χ3v) is 2.98. The molecule has 3 atom stereocenters. The van der Waals surface area contributed by atoms with Crippen LogP contribution >= 0.6 is 0 Å². The van der Waals surface area contributed by atoms with Gasteiger partial charge in [-0.25, -0.2) is 9.59 Å². The number of hydrogen-bond acceptors (Lipinski definition) is 6. The molecule has 0 saturated carbocycles. The van der Waals surface area contributed by atoms with Crippen molar-refractivity contribution in [2.45, 2.75) is 38.0 Å². The summed E-state index contributed by atoms with van der Waals surface area (Å²) in [6.45, 7) is 5.47. The van der Waals surface area contributed by atoms with Crippen LogP contribution in [0.15, 0.2) is 0 Å². The Labute approximate surface area is 111 Å². The molecule has 0 aromatic rings. The quantitative estimate of drug-likeness (QED) is 0.400. The molecule has 0 aliphatic carbocycles. The molecule has 1 saturated heterocycles. The second-order valence-electron chi connectivity index (χ2n) is 4.23. The fourth-order valence-electron chi connectivity index (χ4n) is 1.85. The Morgan fingerprint density at radius 1 is 1.26 bits per heavy atom. The van der Waals surface area contributed by atoms with Gasteiger partial charge in [-0.3, -0.25) is 4.90 Å². The Kier molecular flexibility index (Phi) is 8.24. The molecule has 1 rings (SSSR count). The van der Waals surface area contributed by atoms with Crippen LogP contribution in [-0.4, -0.2) is 75.1 Å². The first-order valence-corrected chi connectivity index (χ1v) is 6.11. The zero-order chi connectivity index (χ0) is 15.0. The van der Waals surface area contributed by atoms with E-state index in [1.165, 1.54) is 25.9 Å². The van der Waals surface area contributed by atoms with E-state index in [4.69, 9.17) is 26.2 Å². The van der Waals surface area contributed by atoms with Gasteiger partial charge in [0.15, 0.2) is 12.2 Å². The van der Waals surface area contributed by atoms with Gasteiger partial charge in [-0.1, -0.05) is 6.92 Å². The smallest absolute Gasteiger partial charge is 0.335 e. The molecule has 0 aromatic heterocycles.